The predicted octanol–water partition coefficient (Wildman–Crippen LogP) is 2.43. The molecule has 3 heteroatoms. The second-order valence-corrected chi connectivity index (χ2v) is 2.85. The second-order valence-electron chi connectivity index (χ2n) is 2.85. The monoisotopic (exact) mass is 206 g/mol. The average Bonchev–Trinajstić information content (AvgIpc) is 2.29. The maximum atomic E-state index is 11.5. The van der Waals surface area contributed by atoms with E-state index in [1.807, 2.05) is 6.92 Å². The molecule has 0 aliphatic rings. The number of carbonyl (C=O) groups excluding carboxylic acids is 1. The first kappa shape index (κ1) is 11.3. The Kier molecular flexibility index (Phi) is 4.41. The van der Waals surface area contributed by atoms with Gasteiger partial charge < -0.3 is 9.47 Å². The fraction of sp³-hybridized carbons (Fsp3) is 0.250. The van der Waals surface area contributed by atoms with Gasteiger partial charge in [0.1, 0.15) is 5.75 Å². The van der Waals surface area contributed by atoms with Crippen LogP contribution in [-0.4, -0.2) is 19.5 Å². The summed E-state index contributed by atoms with van der Waals surface area (Å²) in [5.41, 5.74) is 0.617. The minimum atomic E-state index is -0.0777. The quantitative estimate of drug-likeness (QED) is 0.421. The number of carbonyl (C=O) groups is 1. The van der Waals surface area contributed by atoms with Crippen molar-refractivity contribution < 1.29 is 14.3 Å². The molecule has 80 valence electrons. The van der Waals surface area contributed by atoms with Crippen LogP contribution in [0.25, 0.3) is 0 Å². The van der Waals surface area contributed by atoms with Gasteiger partial charge >= 0.3 is 0 Å². The van der Waals surface area contributed by atoms with E-state index in [2.05, 4.69) is 0 Å². The Morgan fingerprint density at radius 1 is 1.33 bits per heavy atom. The Bertz CT molecular complexity index is 338. The number of benzene rings is 1. The van der Waals surface area contributed by atoms with E-state index in [1.54, 1.807) is 31.4 Å². The number of ketones is 1. The highest BCUT2D eigenvalue weighted by atomic mass is 16.5. The van der Waals surface area contributed by atoms with Crippen molar-refractivity contribution in [3.05, 3.63) is 42.2 Å². The molecule has 15 heavy (non-hydrogen) atoms. The summed E-state index contributed by atoms with van der Waals surface area (Å²) in [7, 11) is 1.59. The van der Waals surface area contributed by atoms with Crippen LogP contribution in [0, 0.1) is 0 Å². The van der Waals surface area contributed by atoms with E-state index in [4.69, 9.17) is 9.47 Å². The van der Waals surface area contributed by atoms with Crippen molar-refractivity contribution in [2.45, 2.75) is 6.92 Å². The third kappa shape index (κ3) is 3.46. The smallest absolute Gasteiger partial charge is 0.188 e. The largest absolute Gasteiger partial charge is 0.501 e. The number of ether oxygens (including phenoxy) is 2. The summed E-state index contributed by atoms with van der Waals surface area (Å²) in [6.07, 6.45) is 2.82. The molecule has 0 N–H and O–H groups in total. The lowest BCUT2D eigenvalue weighted by Crippen LogP contribution is -1.94. The number of hydrogen-bond acceptors (Lipinski definition) is 3. The Labute approximate surface area is 89.3 Å². The summed E-state index contributed by atoms with van der Waals surface area (Å²) in [5, 5.41) is 0. The number of rotatable bonds is 5. The Hall–Kier alpha value is -1.77. The SMILES string of the molecule is CCO/C=C/C(=O)c1ccc(OC)cc1. The van der Waals surface area contributed by atoms with Gasteiger partial charge in [-0.05, 0) is 31.2 Å². The summed E-state index contributed by atoms with van der Waals surface area (Å²) in [5.74, 6) is 0.659. The third-order valence-electron chi connectivity index (χ3n) is 1.86. The van der Waals surface area contributed by atoms with E-state index in [0.717, 1.165) is 5.75 Å². The number of methoxy groups -OCH3 is 1. The van der Waals surface area contributed by atoms with Gasteiger partial charge in [-0.25, -0.2) is 0 Å². The first-order valence-corrected chi connectivity index (χ1v) is 4.74. The van der Waals surface area contributed by atoms with Gasteiger partial charge in [0.2, 0.25) is 0 Å². The van der Waals surface area contributed by atoms with Crippen LogP contribution in [0.15, 0.2) is 36.6 Å². The third-order valence-corrected chi connectivity index (χ3v) is 1.86. The van der Waals surface area contributed by atoms with E-state index < -0.39 is 0 Å². The molecule has 0 atom stereocenters. The van der Waals surface area contributed by atoms with Crippen molar-refractivity contribution in [3.8, 4) is 5.75 Å². The van der Waals surface area contributed by atoms with Crippen LogP contribution in [0.1, 0.15) is 17.3 Å². The van der Waals surface area contributed by atoms with Crippen molar-refractivity contribution in [2.24, 2.45) is 0 Å². The van der Waals surface area contributed by atoms with Gasteiger partial charge in [0.15, 0.2) is 5.78 Å². The molecule has 1 aromatic carbocycles. The van der Waals surface area contributed by atoms with Crippen LogP contribution < -0.4 is 4.74 Å². The summed E-state index contributed by atoms with van der Waals surface area (Å²) in [6.45, 7) is 2.43. The van der Waals surface area contributed by atoms with Gasteiger partial charge in [0.25, 0.3) is 0 Å². The fourth-order valence-corrected chi connectivity index (χ4v) is 1.06. The maximum Gasteiger partial charge on any atom is 0.188 e. The normalized spacial score (nSPS) is 10.3. The zero-order valence-electron chi connectivity index (χ0n) is 8.90. The summed E-state index contributed by atoms with van der Waals surface area (Å²) >= 11 is 0. The zero-order valence-corrected chi connectivity index (χ0v) is 8.90. The highest BCUT2D eigenvalue weighted by molar-refractivity contribution is 6.04. The molecule has 0 radical (unpaired) electrons. The van der Waals surface area contributed by atoms with Crippen molar-refractivity contribution in [1.29, 1.82) is 0 Å². The molecule has 0 heterocycles. The van der Waals surface area contributed by atoms with Crippen LogP contribution in [0.3, 0.4) is 0 Å². The second kappa shape index (κ2) is 5.86. The lowest BCUT2D eigenvalue weighted by molar-refractivity contribution is 0.104. The van der Waals surface area contributed by atoms with Crippen LogP contribution in [-0.2, 0) is 4.74 Å². The van der Waals surface area contributed by atoms with Gasteiger partial charge in [-0.3, -0.25) is 4.79 Å². The first-order chi connectivity index (χ1) is 7.27. The molecular formula is C12H14O3. The molecule has 0 aliphatic heterocycles. The van der Waals surface area contributed by atoms with Gasteiger partial charge in [-0.15, -0.1) is 0 Å². The minimum Gasteiger partial charge on any atom is -0.501 e. The van der Waals surface area contributed by atoms with E-state index in [1.165, 1.54) is 12.3 Å². The highest BCUT2D eigenvalue weighted by Crippen LogP contribution is 2.11. The standard InChI is InChI=1S/C12H14O3/c1-3-15-9-8-12(13)10-4-6-11(14-2)7-5-10/h4-9H,3H2,1-2H3/b9-8+. The Balaban J connectivity index is 2.66. The first-order valence-electron chi connectivity index (χ1n) is 4.74. The molecule has 3 nitrogen and oxygen atoms in total. The molecule has 0 bridgehead atoms. The molecule has 0 aromatic heterocycles. The minimum absolute atomic E-state index is 0.0777. The average molecular weight is 206 g/mol. The van der Waals surface area contributed by atoms with E-state index in [9.17, 15) is 4.79 Å². The van der Waals surface area contributed by atoms with Crippen LogP contribution in [0.2, 0.25) is 0 Å². The van der Waals surface area contributed by atoms with Crippen molar-refractivity contribution in [3.63, 3.8) is 0 Å². The molecule has 0 saturated carbocycles. The number of hydrogen-bond donors (Lipinski definition) is 0. The van der Waals surface area contributed by atoms with Gasteiger partial charge in [0.05, 0.1) is 20.0 Å². The molecule has 1 aromatic rings. The van der Waals surface area contributed by atoms with Gasteiger partial charge in [0, 0.05) is 11.6 Å². The van der Waals surface area contributed by atoms with E-state index in [0.29, 0.717) is 12.2 Å². The number of allylic oxidation sites excluding steroid dienone is 1. The highest BCUT2D eigenvalue weighted by Gasteiger charge is 2.01. The summed E-state index contributed by atoms with van der Waals surface area (Å²) in [4.78, 5) is 11.5. The summed E-state index contributed by atoms with van der Waals surface area (Å²) < 4.78 is 9.94. The predicted molar refractivity (Wildman–Crippen MR) is 58.1 cm³/mol. The Morgan fingerprint density at radius 3 is 2.53 bits per heavy atom. The molecule has 0 aliphatic carbocycles. The maximum absolute atomic E-state index is 11.5. The van der Waals surface area contributed by atoms with Crippen LogP contribution in [0.4, 0.5) is 0 Å². The van der Waals surface area contributed by atoms with Crippen LogP contribution in [0.5, 0.6) is 5.75 Å². The molecular weight excluding hydrogens is 192 g/mol. The molecule has 1 rings (SSSR count). The van der Waals surface area contributed by atoms with E-state index >= 15 is 0 Å². The van der Waals surface area contributed by atoms with Crippen molar-refractivity contribution in [2.75, 3.05) is 13.7 Å². The van der Waals surface area contributed by atoms with Gasteiger partial charge in [-0.1, -0.05) is 0 Å². The van der Waals surface area contributed by atoms with E-state index in [-0.39, 0.29) is 5.78 Å². The summed E-state index contributed by atoms with van der Waals surface area (Å²) in [6, 6.07) is 6.94. The molecule has 0 amide bonds. The van der Waals surface area contributed by atoms with Crippen molar-refractivity contribution in [1.82, 2.24) is 0 Å². The molecule has 0 spiro atoms. The fourth-order valence-electron chi connectivity index (χ4n) is 1.06. The van der Waals surface area contributed by atoms with Gasteiger partial charge in [-0.2, -0.15) is 0 Å². The molecule has 0 fully saturated rings. The van der Waals surface area contributed by atoms with Crippen molar-refractivity contribution >= 4 is 5.78 Å². The zero-order chi connectivity index (χ0) is 11.1. The molecule has 0 saturated heterocycles. The lowest BCUT2D eigenvalue weighted by atomic mass is 10.1. The molecule has 0 unspecified atom stereocenters. The lowest BCUT2D eigenvalue weighted by Gasteiger charge is -2.00. The topological polar surface area (TPSA) is 35.5 Å². The Morgan fingerprint density at radius 2 is 2.00 bits per heavy atom. The van der Waals surface area contributed by atoms with Crippen LogP contribution >= 0.6 is 0 Å².